The van der Waals surface area contributed by atoms with Crippen LogP contribution < -0.4 is 0 Å². The Kier molecular flexibility index (Phi) is 2.59. The maximum atomic E-state index is 12.8. The SMILES string of the molecule is COC(F)C(C)n1ccnc1. The molecule has 0 amide bonds. The number of nitrogens with zero attached hydrogens (tertiary/aromatic N) is 2. The molecule has 1 aromatic rings. The fraction of sp³-hybridized carbons (Fsp3) is 0.571. The van der Waals surface area contributed by atoms with Crippen LogP contribution in [0.4, 0.5) is 4.39 Å². The van der Waals surface area contributed by atoms with Crippen LogP contribution in [0.25, 0.3) is 0 Å². The molecule has 0 aliphatic heterocycles. The molecule has 2 atom stereocenters. The third-order valence-electron chi connectivity index (χ3n) is 1.60. The predicted octanol–water partition coefficient (Wildman–Crippen LogP) is 1.39. The molecule has 0 N–H and O–H groups in total. The molecule has 11 heavy (non-hydrogen) atoms. The van der Waals surface area contributed by atoms with Crippen LogP contribution in [0.2, 0.25) is 0 Å². The standard InChI is InChI=1S/C7H11FN2O/c1-6(7(8)11-2)10-4-3-9-5-10/h3-7H,1-2H3. The lowest BCUT2D eigenvalue weighted by atomic mass is 10.3. The van der Waals surface area contributed by atoms with Gasteiger partial charge in [-0.05, 0) is 6.92 Å². The number of alkyl halides is 1. The average Bonchev–Trinajstić information content (AvgIpc) is 2.53. The van der Waals surface area contributed by atoms with Crippen molar-refractivity contribution in [1.29, 1.82) is 0 Å². The Morgan fingerprint density at radius 1 is 1.64 bits per heavy atom. The van der Waals surface area contributed by atoms with E-state index in [0.717, 1.165) is 0 Å². The van der Waals surface area contributed by atoms with Gasteiger partial charge >= 0.3 is 0 Å². The Hall–Kier alpha value is -0.900. The second-order valence-corrected chi connectivity index (χ2v) is 2.34. The second-order valence-electron chi connectivity index (χ2n) is 2.34. The highest BCUT2D eigenvalue weighted by Crippen LogP contribution is 2.13. The van der Waals surface area contributed by atoms with E-state index in [1.807, 2.05) is 0 Å². The molecule has 0 spiro atoms. The topological polar surface area (TPSA) is 27.1 Å². The first-order valence-corrected chi connectivity index (χ1v) is 3.40. The molecule has 0 aromatic carbocycles. The molecule has 1 rings (SSSR count). The molecule has 0 aliphatic rings. The molecule has 1 heterocycles. The Labute approximate surface area is 64.8 Å². The van der Waals surface area contributed by atoms with Gasteiger partial charge in [0.15, 0.2) is 0 Å². The van der Waals surface area contributed by atoms with Crippen LogP contribution in [-0.4, -0.2) is 23.0 Å². The fourth-order valence-electron chi connectivity index (χ4n) is 0.843. The van der Waals surface area contributed by atoms with Gasteiger partial charge in [-0.3, -0.25) is 0 Å². The Morgan fingerprint density at radius 3 is 2.82 bits per heavy atom. The van der Waals surface area contributed by atoms with Crippen molar-refractivity contribution in [1.82, 2.24) is 9.55 Å². The van der Waals surface area contributed by atoms with Crippen LogP contribution in [0, 0.1) is 0 Å². The number of imidazole rings is 1. The lowest BCUT2D eigenvalue weighted by Gasteiger charge is -2.15. The number of hydrogen-bond acceptors (Lipinski definition) is 2. The summed E-state index contributed by atoms with van der Waals surface area (Å²) in [5, 5.41) is 0. The highest BCUT2D eigenvalue weighted by atomic mass is 19.1. The Morgan fingerprint density at radius 2 is 2.36 bits per heavy atom. The number of ether oxygens (including phenoxy) is 1. The van der Waals surface area contributed by atoms with Crippen LogP contribution in [0.5, 0.6) is 0 Å². The molecule has 2 unspecified atom stereocenters. The van der Waals surface area contributed by atoms with Crippen molar-refractivity contribution in [3.63, 3.8) is 0 Å². The van der Waals surface area contributed by atoms with E-state index in [2.05, 4.69) is 9.72 Å². The van der Waals surface area contributed by atoms with Crippen molar-refractivity contribution < 1.29 is 9.13 Å². The van der Waals surface area contributed by atoms with Crippen LogP contribution in [0.3, 0.4) is 0 Å². The van der Waals surface area contributed by atoms with E-state index in [1.54, 1.807) is 30.2 Å². The fourth-order valence-corrected chi connectivity index (χ4v) is 0.843. The van der Waals surface area contributed by atoms with Crippen molar-refractivity contribution in [3.8, 4) is 0 Å². The van der Waals surface area contributed by atoms with Crippen LogP contribution >= 0.6 is 0 Å². The molecular formula is C7H11FN2O. The minimum absolute atomic E-state index is 0.317. The van der Waals surface area contributed by atoms with Crippen molar-refractivity contribution in [2.75, 3.05) is 7.11 Å². The highest BCUT2D eigenvalue weighted by molar-refractivity contribution is 4.79. The Balaban J connectivity index is 2.62. The van der Waals surface area contributed by atoms with E-state index in [0.29, 0.717) is 0 Å². The van der Waals surface area contributed by atoms with Gasteiger partial charge in [0.1, 0.15) is 0 Å². The zero-order valence-corrected chi connectivity index (χ0v) is 6.57. The minimum atomic E-state index is -1.27. The lowest BCUT2D eigenvalue weighted by Crippen LogP contribution is -2.17. The summed E-state index contributed by atoms with van der Waals surface area (Å²) >= 11 is 0. The quantitative estimate of drug-likeness (QED) is 0.664. The van der Waals surface area contributed by atoms with Gasteiger partial charge in [0, 0.05) is 19.5 Å². The molecule has 0 radical (unpaired) electrons. The normalized spacial score (nSPS) is 16.3. The monoisotopic (exact) mass is 158 g/mol. The van der Waals surface area contributed by atoms with Gasteiger partial charge < -0.3 is 9.30 Å². The number of hydrogen-bond donors (Lipinski definition) is 0. The van der Waals surface area contributed by atoms with Gasteiger partial charge in [-0.1, -0.05) is 0 Å². The maximum Gasteiger partial charge on any atom is 0.219 e. The van der Waals surface area contributed by atoms with E-state index >= 15 is 0 Å². The molecule has 0 saturated carbocycles. The third kappa shape index (κ3) is 1.77. The lowest BCUT2D eigenvalue weighted by molar-refractivity contribution is -0.0388. The van der Waals surface area contributed by atoms with E-state index in [-0.39, 0.29) is 6.04 Å². The van der Waals surface area contributed by atoms with Gasteiger partial charge in [0.05, 0.1) is 12.4 Å². The zero-order valence-electron chi connectivity index (χ0n) is 6.57. The Bertz CT molecular complexity index is 200. The number of halogens is 1. The van der Waals surface area contributed by atoms with Gasteiger partial charge in [-0.25, -0.2) is 9.37 Å². The van der Waals surface area contributed by atoms with E-state index in [9.17, 15) is 4.39 Å². The van der Waals surface area contributed by atoms with Gasteiger partial charge in [0.2, 0.25) is 6.36 Å². The summed E-state index contributed by atoms with van der Waals surface area (Å²) < 4.78 is 19.0. The predicted molar refractivity (Wildman–Crippen MR) is 38.8 cm³/mol. The first-order valence-electron chi connectivity index (χ1n) is 3.40. The summed E-state index contributed by atoms with van der Waals surface area (Å²) in [4.78, 5) is 3.80. The summed E-state index contributed by atoms with van der Waals surface area (Å²) in [5.74, 6) is 0. The van der Waals surface area contributed by atoms with Crippen molar-refractivity contribution >= 4 is 0 Å². The smallest absolute Gasteiger partial charge is 0.219 e. The van der Waals surface area contributed by atoms with Gasteiger partial charge in [-0.15, -0.1) is 0 Å². The molecule has 0 fully saturated rings. The summed E-state index contributed by atoms with van der Waals surface area (Å²) in [6.07, 6.45) is 3.61. The molecule has 0 saturated heterocycles. The summed E-state index contributed by atoms with van der Waals surface area (Å²) in [7, 11) is 1.35. The van der Waals surface area contributed by atoms with Crippen molar-refractivity contribution in [2.45, 2.75) is 19.3 Å². The van der Waals surface area contributed by atoms with Gasteiger partial charge in [0.25, 0.3) is 0 Å². The maximum absolute atomic E-state index is 12.8. The first kappa shape index (κ1) is 8.20. The second kappa shape index (κ2) is 3.48. The van der Waals surface area contributed by atoms with Crippen molar-refractivity contribution in [2.24, 2.45) is 0 Å². The summed E-state index contributed by atoms with van der Waals surface area (Å²) in [5.41, 5.74) is 0. The molecule has 0 aliphatic carbocycles. The first-order chi connectivity index (χ1) is 5.25. The molecular weight excluding hydrogens is 147 g/mol. The summed E-state index contributed by atoms with van der Waals surface area (Å²) in [6, 6.07) is -0.317. The molecule has 1 aromatic heterocycles. The number of rotatable bonds is 3. The van der Waals surface area contributed by atoms with Crippen LogP contribution in [0.15, 0.2) is 18.7 Å². The zero-order chi connectivity index (χ0) is 8.27. The molecule has 4 heteroatoms. The average molecular weight is 158 g/mol. The molecule has 62 valence electrons. The van der Waals surface area contributed by atoms with Crippen LogP contribution in [-0.2, 0) is 4.74 Å². The van der Waals surface area contributed by atoms with E-state index in [4.69, 9.17) is 0 Å². The van der Waals surface area contributed by atoms with Crippen LogP contribution in [0.1, 0.15) is 13.0 Å². The molecule has 3 nitrogen and oxygen atoms in total. The third-order valence-corrected chi connectivity index (χ3v) is 1.60. The molecule has 0 bridgehead atoms. The largest absolute Gasteiger partial charge is 0.350 e. The number of methoxy groups -OCH3 is 1. The number of aromatic nitrogens is 2. The minimum Gasteiger partial charge on any atom is -0.350 e. The van der Waals surface area contributed by atoms with Gasteiger partial charge in [-0.2, -0.15) is 0 Å². The van der Waals surface area contributed by atoms with E-state index in [1.165, 1.54) is 7.11 Å². The van der Waals surface area contributed by atoms with Crippen molar-refractivity contribution in [3.05, 3.63) is 18.7 Å². The highest BCUT2D eigenvalue weighted by Gasteiger charge is 2.15. The van der Waals surface area contributed by atoms with E-state index < -0.39 is 6.36 Å². The summed E-state index contributed by atoms with van der Waals surface area (Å²) in [6.45, 7) is 1.73.